The first-order chi connectivity index (χ1) is 8.32. The van der Waals surface area contributed by atoms with Crippen LogP contribution in [0, 0.1) is 0 Å². The lowest BCUT2D eigenvalue weighted by Crippen LogP contribution is -2.64. The van der Waals surface area contributed by atoms with Gasteiger partial charge in [0.2, 0.25) is 5.91 Å². The van der Waals surface area contributed by atoms with Crippen molar-refractivity contribution in [1.82, 2.24) is 10.3 Å². The molecule has 0 spiro atoms. The van der Waals surface area contributed by atoms with Gasteiger partial charge in [-0.15, -0.1) is 11.3 Å². The van der Waals surface area contributed by atoms with Gasteiger partial charge >= 0.3 is 5.97 Å². The third-order valence-electron chi connectivity index (χ3n) is 2.73. The normalized spacial score (nSPS) is 18.7. The molecule has 0 bridgehead atoms. The highest BCUT2D eigenvalue weighted by molar-refractivity contribution is 7.14. The molecule has 1 saturated heterocycles. The Bertz CT molecular complexity index is 537. The number of nitrogens with one attached hydrogen (secondary N) is 1. The molecule has 1 aromatic heterocycles. The van der Waals surface area contributed by atoms with Crippen LogP contribution in [0.25, 0.3) is 0 Å². The number of thiazole rings is 1. The number of hydrogen-bond donors (Lipinski definition) is 2. The van der Waals surface area contributed by atoms with Crippen molar-refractivity contribution >= 4 is 34.3 Å². The minimum absolute atomic E-state index is 0.0225. The summed E-state index contributed by atoms with van der Waals surface area (Å²) >= 11 is 1.09. The molecule has 18 heavy (non-hydrogen) atoms. The van der Waals surface area contributed by atoms with E-state index in [1.165, 1.54) is 10.3 Å². The maximum absolute atomic E-state index is 11.7. The summed E-state index contributed by atoms with van der Waals surface area (Å²) in [6.07, 6.45) is 0. The molecule has 1 fully saturated rings. The average Bonchev–Trinajstić information content (AvgIpc) is 2.72. The van der Waals surface area contributed by atoms with E-state index in [4.69, 9.17) is 5.11 Å². The Labute approximate surface area is 106 Å². The highest BCUT2D eigenvalue weighted by Gasteiger charge is 2.42. The van der Waals surface area contributed by atoms with Gasteiger partial charge in [0.25, 0.3) is 5.91 Å². The lowest BCUT2D eigenvalue weighted by Gasteiger charge is -2.39. The average molecular weight is 269 g/mol. The number of carbonyl (C=O) groups is 3. The SMILES string of the molecule is CC1(C)C(=O)NC(=O)CN1c1nc(C(=O)O)cs1. The van der Waals surface area contributed by atoms with Gasteiger partial charge < -0.3 is 10.0 Å². The second kappa shape index (κ2) is 4.05. The van der Waals surface area contributed by atoms with Crippen LogP contribution in [0.15, 0.2) is 5.38 Å². The first-order valence-electron chi connectivity index (χ1n) is 5.13. The summed E-state index contributed by atoms with van der Waals surface area (Å²) in [5, 5.41) is 12.8. The van der Waals surface area contributed by atoms with E-state index in [1.54, 1.807) is 13.8 Å². The highest BCUT2D eigenvalue weighted by Crippen LogP contribution is 2.29. The Morgan fingerprint density at radius 3 is 2.78 bits per heavy atom. The van der Waals surface area contributed by atoms with Gasteiger partial charge in [-0.3, -0.25) is 14.9 Å². The zero-order valence-electron chi connectivity index (χ0n) is 9.76. The summed E-state index contributed by atoms with van der Waals surface area (Å²) in [4.78, 5) is 39.3. The fraction of sp³-hybridized carbons (Fsp3) is 0.400. The van der Waals surface area contributed by atoms with E-state index >= 15 is 0 Å². The molecule has 0 radical (unpaired) electrons. The van der Waals surface area contributed by atoms with Crippen molar-refractivity contribution in [2.45, 2.75) is 19.4 Å². The second-order valence-electron chi connectivity index (χ2n) is 4.34. The van der Waals surface area contributed by atoms with E-state index in [0.717, 1.165) is 11.3 Å². The predicted molar refractivity (Wildman–Crippen MR) is 63.6 cm³/mol. The van der Waals surface area contributed by atoms with Crippen LogP contribution in [0.5, 0.6) is 0 Å². The van der Waals surface area contributed by atoms with Gasteiger partial charge in [-0.05, 0) is 13.8 Å². The van der Waals surface area contributed by atoms with Crippen molar-refractivity contribution in [3.8, 4) is 0 Å². The molecule has 96 valence electrons. The van der Waals surface area contributed by atoms with Crippen molar-refractivity contribution in [3.63, 3.8) is 0 Å². The fourth-order valence-electron chi connectivity index (χ4n) is 1.58. The number of anilines is 1. The predicted octanol–water partition coefficient (Wildman–Crippen LogP) is 0.0827. The van der Waals surface area contributed by atoms with Crippen molar-refractivity contribution < 1.29 is 19.5 Å². The van der Waals surface area contributed by atoms with Crippen LogP contribution in [0.1, 0.15) is 24.3 Å². The minimum atomic E-state index is -1.14. The molecule has 2 rings (SSSR count). The standard InChI is InChI=1S/C10H11N3O4S/c1-10(2)8(17)12-6(14)3-13(10)9-11-5(4-18-9)7(15)16/h4H,3H2,1-2H3,(H,15,16)(H,12,14,17). The summed E-state index contributed by atoms with van der Waals surface area (Å²) in [5.74, 6) is -1.99. The molecular weight excluding hydrogens is 258 g/mol. The molecule has 1 aliphatic heterocycles. The molecule has 0 aliphatic carbocycles. The number of aromatic carboxylic acids is 1. The summed E-state index contributed by atoms with van der Waals surface area (Å²) in [7, 11) is 0. The molecular formula is C10H11N3O4S. The minimum Gasteiger partial charge on any atom is -0.476 e. The van der Waals surface area contributed by atoms with Crippen molar-refractivity contribution in [3.05, 3.63) is 11.1 Å². The van der Waals surface area contributed by atoms with E-state index < -0.39 is 23.3 Å². The first-order valence-corrected chi connectivity index (χ1v) is 6.01. The van der Waals surface area contributed by atoms with Crippen molar-refractivity contribution in [2.24, 2.45) is 0 Å². The van der Waals surface area contributed by atoms with Crippen LogP contribution in [0.3, 0.4) is 0 Å². The number of piperazine rings is 1. The van der Waals surface area contributed by atoms with Gasteiger partial charge in [0.05, 0.1) is 0 Å². The second-order valence-corrected chi connectivity index (χ2v) is 5.18. The monoisotopic (exact) mass is 269 g/mol. The van der Waals surface area contributed by atoms with E-state index in [1.807, 2.05) is 0 Å². The molecule has 0 atom stereocenters. The zero-order chi connectivity index (χ0) is 13.5. The van der Waals surface area contributed by atoms with Crippen LogP contribution in [-0.2, 0) is 9.59 Å². The number of nitrogens with zero attached hydrogens (tertiary/aromatic N) is 2. The van der Waals surface area contributed by atoms with Gasteiger partial charge in [0, 0.05) is 5.38 Å². The van der Waals surface area contributed by atoms with Crippen molar-refractivity contribution in [2.75, 3.05) is 11.4 Å². The summed E-state index contributed by atoms with van der Waals surface area (Å²) in [6.45, 7) is 3.28. The number of hydrogen-bond acceptors (Lipinski definition) is 6. The Hall–Kier alpha value is -1.96. The van der Waals surface area contributed by atoms with Gasteiger partial charge in [-0.25, -0.2) is 9.78 Å². The molecule has 1 aromatic rings. The largest absolute Gasteiger partial charge is 0.476 e. The summed E-state index contributed by atoms with van der Waals surface area (Å²) in [6, 6.07) is 0. The van der Waals surface area contributed by atoms with Gasteiger partial charge in [0.15, 0.2) is 10.8 Å². The molecule has 2 amide bonds. The maximum Gasteiger partial charge on any atom is 0.355 e. The first kappa shape index (κ1) is 12.5. The molecule has 7 nitrogen and oxygen atoms in total. The smallest absolute Gasteiger partial charge is 0.355 e. The van der Waals surface area contributed by atoms with E-state index in [2.05, 4.69) is 10.3 Å². The molecule has 0 saturated carbocycles. The van der Waals surface area contributed by atoms with Crippen LogP contribution >= 0.6 is 11.3 Å². The third kappa shape index (κ3) is 1.94. The van der Waals surface area contributed by atoms with Gasteiger partial charge in [0.1, 0.15) is 12.1 Å². The summed E-state index contributed by atoms with van der Waals surface area (Å²) in [5.41, 5.74) is -1.04. The summed E-state index contributed by atoms with van der Waals surface area (Å²) < 4.78 is 0. The number of carboxylic acid groups (broad SMARTS) is 1. The van der Waals surface area contributed by atoms with Gasteiger partial charge in [-0.2, -0.15) is 0 Å². The molecule has 1 aliphatic rings. The molecule has 2 heterocycles. The molecule has 0 unspecified atom stereocenters. The van der Waals surface area contributed by atoms with E-state index in [0.29, 0.717) is 5.13 Å². The topological polar surface area (TPSA) is 99.6 Å². The van der Waals surface area contributed by atoms with Crippen LogP contribution in [-0.4, -0.2) is 40.0 Å². The molecule has 8 heteroatoms. The Kier molecular flexibility index (Phi) is 2.81. The number of imide groups is 1. The lowest BCUT2D eigenvalue weighted by atomic mass is 10.00. The van der Waals surface area contributed by atoms with Gasteiger partial charge in [-0.1, -0.05) is 0 Å². The molecule has 2 N–H and O–H groups in total. The number of carboxylic acids is 1. The lowest BCUT2D eigenvalue weighted by molar-refractivity contribution is -0.135. The third-order valence-corrected chi connectivity index (χ3v) is 3.59. The van der Waals surface area contributed by atoms with Crippen LogP contribution in [0.2, 0.25) is 0 Å². The molecule has 0 aromatic carbocycles. The van der Waals surface area contributed by atoms with E-state index in [-0.39, 0.29) is 12.2 Å². The number of aromatic nitrogens is 1. The van der Waals surface area contributed by atoms with Crippen molar-refractivity contribution in [1.29, 1.82) is 0 Å². The number of carbonyl (C=O) groups excluding carboxylic acids is 2. The quantitative estimate of drug-likeness (QED) is 0.738. The number of rotatable bonds is 2. The Balaban J connectivity index is 2.37. The Morgan fingerprint density at radius 2 is 2.22 bits per heavy atom. The van der Waals surface area contributed by atoms with E-state index in [9.17, 15) is 14.4 Å². The zero-order valence-corrected chi connectivity index (χ0v) is 10.6. The Morgan fingerprint density at radius 1 is 1.56 bits per heavy atom. The van der Waals surface area contributed by atoms with Crippen LogP contribution < -0.4 is 10.2 Å². The van der Waals surface area contributed by atoms with Crippen LogP contribution in [0.4, 0.5) is 5.13 Å². The fourth-order valence-corrected chi connectivity index (χ4v) is 2.52. The maximum atomic E-state index is 11.7. The highest BCUT2D eigenvalue weighted by atomic mass is 32.1. The number of amides is 2.